The first kappa shape index (κ1) is 20.4. The maximum atomic E-state index is 2.54. The van der Waals surface area contributed by atoms with Crippen LogP contribution in [-0.2, 0) is 0 Å². The molecule has 0 saturated carbocycles. The van der Waals surface area contributed by atoms with Crippen molar-refractivity contribution in [1.82, 2.24) is 0 Å². The van der Waals surface area contributed by atoms with Crippen LogP contribution in [-0.4, -0.2) is 20.6 Å². The molecule has 130 valence electrons. The molecule has 2 rings (SSSR count). The Balaban J connectivity index is 2.36. The van der Waals surface area contributed by atoms with Crippen LogP contribution in [0.3, 0.4) is 0 Å². The Labute approximate surface area is 144 Å². The van der Waals surface area contributed by atoms with E-state index in [4.69, 9.17) is 0 Å². The SMILES string of the molecule is CC(C)(C)P(p1p2p(P(C(C)(C)C)C(C)(C)C)p12)C(C)(C)C. The molecule has 0 aromatic carbocycles. The molecule has 0 aliphatic heterocycles. The number of hydrogen-bond donors (Lipinski definition) is 0. The maximum absolute atomic E-state index is 2.54. The van der Waals surface area contributed by atoms with Gasteiger partial charge in [-0.2, -0.15) is 0 Å². The predicted octanol–water partition coefficient (Wildman–Crippen LogP) is 10.5. The van der Waals surface area contributed by atoms with Crippen molar-refractivity contribution in [3.63, 3.8) is 0 Å². The zero-order chi connectivity index (χ0) is 17.5. The second kappa shape index (κ2) is 5.78. The maximum Gasteiger partial charge on any atom is -0.00950 e. The molecule has 0 spiro atoms. The van der Waals surface area contributed by atoms with Crippen LogP contribution in [0.1, 0.15) is 83.1 Å². The third kappa shape index (κ3) is 3.90. The average Bonchev–Trinajstić information content (AvgIpc) is 2.97. The number of fused-ring (bicyclic) bond motifs is 1. The Morgan fingerprint density at radius 3 is 0.727 bits per heavy atom. The first-order valence-electron chi connectivity index (χ1n) is 8.29. The Kier molecular flexibility index (Phi) is 5.35. The van der Waals surface area contributed by atoms with Crippen molar-refractivity contribution in [2.45, 2.75) is 104 Å². The molecule has 22 heavy (non-hydrogen) atoms. The molecule has 0 aliphatic carbocycles. The van der Waals surface area contributed by atoms with Gasteiger partial charge in [-0.1, -0.05) is 83.1 Å². The van der Waals surface area contributed by atoms with E-state index >= 15 is 0 Å². The quantitative estimate of drug-likeness (QED) is 0.429. The summed E-state index contributed by atoms with van der Waals surface area (Å²) >= 11 is 0. The van der Waals surface area contributed by atoms with Gasteiger partial charge in [0.15, 0.2) is 0 Å². The van der Waals surface area contributed by atoms with Crippen LogP contribution in [0, 0.1) is 0 Å². The molecule has 2 heterocycles. The van der Waals surface area contributed by atoms with Gasteiger partial charge in [-0.25, -0.2) is 0 Å². The van der Waals surface area contributed by atoms with E-state index in [2.05, 4.69) is 83.1 Å². The van der Waals surface area contributed by atoms with E-state index < -0.39 is 0 Å². The lowest BCUT2D eigenvalue weighted by molar-refractivity contribution is 0.720. The van der Waals surface area contributed by atoms with E-state index in [0.717, 1.165) is 0 Å². The summed E-state index contributed by atoms with van der Waals surface area (Å²) in [5.74, 6) is 0. The second-order valence-corrected chi connectivity index (χ2v) is 47.3. The summed E-state index contributed by atoms with van der Waals surface area (Å²) in [7, 11) is 0.491. The molecule has 0 N–H and O–H groups in total. The van der Waals surface area contributed by atoms with Gasteiger partial charge < -0.3 is 0 Å². The highest BCUT2D eigenvalue weighted by atomic mass is 33.3. The van der Waals surface area contributed by atoms with Crippen LogP contribution in [0.15, 0.2) is 0 Å². The van der Waals surface area contributed by atoms with Gasteiger partial charge >= 0.3 is 0 Å². The lowest BCUT2D eigenvalue weighted by Gasteiger charge is -2.42. The number of hydrogen-bond acceptors (Lipinski definition) is 0. The van der Waals surface area contributed by atoms with Gasteiger partial charge in [-0.05, 0) is 61.7 Å². The summed E-state index contributed by atoms with van der Waals surface area (Å²) in [6.45, 7) is 31.5. The first-order valence-corrected chi connectivity index (χ1v) is 21.3. The molecule has 0 atom stereocenters. The van der Waals surface area contributed by atoms with E-state index in [1.165, 1.54) is 0 Å². The minimum absolute atomic E-state index is 0.246. The minimum atomic E-state index is 0.246. The molecule has 0 nitrogen and oxygen atoms in total. The topological polar surface area (TPSA) is 0 Å². The van der Waals surface area contributed by atoms with Gasteiger partial charge in [0.25, 0.3) is 0 Å². The molecule has 0 fully saturated rings. The van der Waals surface area contributed by atoms with Gasteiger partial charge in [0, 0.05) is 0 Å². The minimum Gasteiger partial charge on any atom is -0.0556 e. The fraction of sp³-hybridized carbons (Fsp3) is 1.00. The molecule has 0 saturated heterocycles. The third-order valence-electron chi connectivity index (χ3n) is 3.64. The summed E-state index contributed by atoms with van der Waals surface area (Å²) in [6.07, 6.45) is 1.17. The molecule has 0 amide bonds. The van der Waals surface area contributed by atoms with Gasteiger partial charge in [-0.15, -0.1) is 0 Å². The second-order valence-electron chi connectivity index (χ2n) is 10.4. The van der Waals surface area contributed by atoms with Crippen molar-refractivity contribution in [3.8, 4) is 0 Å². The van der Waals surface area contributed by atoms with Crippen LogP contribution in [0.25, 0.3) is 0 Å². The molecule has 0 unspecified atom stereocenters. The van der Waals surface area contributed by atoms with Crippen molar-refractivity contribution in [2.75, 3.05) is 0 Å². The van der Waals surface area contributed by atoms with Crippen LogP contribution in [0.4, 0.5) is 0 Å². The molecular weight excluding hydrogens is 378 g/mol. The molecular formula is C16H36P6. The number of rotatable bonds is 2. The van der Waals surface area contributed by atoms with Crippen LogP contribution in [0.5, 0.6) is 0 Å². The fourth-order valence-corrected chi connectivity index (χ4v) is 134. The lowest BCUT2D eigenvalue weighted by atomic mass is 10.2. The highest BCUT2D eigenvalue weighted by Crippen LogP contribution is 3.23. The van der Waals surface area contributed by atoms with Gasteiger partial charge in [-0.3, -0.25) is 0 Å². The highest BCUT2D eigenvalue weighted by molar-refractivity contribution is 9.23. The first-order chi connectivity index (χ1) is 9.49. The van der Waals surface area contributed by atoms with Gasteiger partial charge in [0.1, 0.15) is 0 Å². The van der Waals surface area contributed by atoms with E-state index in [9.17, 15) is 0 Å². The van der Waals surface area contributed by atoms with E-state index in [0.29, 0.717) is 46.5 Å². The Morgan fingerprint density at radius 2 is 0.591 bits per heavy atom. The molecule has 6 heteroatoms. The van der Waals surface area contributed by atoms with Crippen LogP contribution in [0.2, 0.25) is 0 Å². The zero-order valence-electron chi connectivity index (χ0n) is 16.7. The zero-order valence-corrected chi connectivity index (χ0v) is 22.0. The predicted molar refractivity (Wildman–Crippen MR) is 121 cm³/mol. The van der Waals surface area contributed by atoms with Crippen LogP contribution >= 0.6 is 41.1 Å². The van der Waals surface area contributed by atoms with Crippen molar-refractivity contribution >= 4 is 41.1 Å². The Morgan fingerprint density at radius 1 is 0.409 bits per heavy atom. The summed E-state index contributed by atoms with van der Waals surface area (Å²) in [5, 5.41) is 2.30. The monoisotopic (exact) mass is 414 g/mol. The molecule has 2 aromatic rings. The van der Waals surface area contributed by atoms with Crippen molar-refractivity contribution in [2.24, 2.45) is 0 Å². The standard InChI is InChI=1S/C16H36P6/c1-13(2,3)17(14(4,5)6)19-21-20(22(19)21)18(15(7,8)9)16(10,11)12/h1-12H3. The smallest absolute Gasteiger partial charge is 0.00950 e. The molecule has 0 bridgehead atoms. The summed E-state index contributed by atoms with van der Waals surface area (Å²) in [4.78, 5) is 0. The normalized spacial score (nSPS) is 19.4. The fourth-order valence-electron chi connectivity index (χ4n) is 3.73. The van der Waals surface area contributed by atoms with Crippen molar-refractivity contribution in [1.29, 1.82) is 0 Å². The summed E-state index contributed by atoms with van der Waals surface area (Å²) in [6, 6.07) is 0. The summed E-state index contributed by atoms with van der Waals surface area (Å²) < 4.78 is 0. The van der Waals surface area contributed by atoms with Gasteiger partial charge in [0.2, 0.25) is 0 Å². The van der Waals surface area contributed by atoms with Crippen molar-refractivity contribution < 1.29 is 0 Å². The van der Waals surface area contributed by atoms with E-state index in [1.807, 2.05) is 0 Å². The van der Waals surface area contributed by atoms with Crippen molar-refractivity contribution in [3.05, 3.63) is 0 Å². The lowest BCUT2D eigenvalue weighted by Crippen LogP contribution is -2.22. The van der Waals surface area contributed by atoms with Crippen LogP contribution < -0.4 is 0 Å². The average molecular weight is 414 g/mol. The Bertz CT molecular complexity index is 507. The summed E-state index contributed by atoms with van der Waals surface area (Å²) in [5.41, 5.74) is 0. The Hall–Kier alpha value is 2.06. The van der Waals surface area contributed by atoms with E-state index in [-0.39, 0.29) is 15.2 Å². The van der Waals surface area contributed by atoms with E-state index in [1.54, 1.807) is 0 Å². The van der Waals surface area contributed by atoms with Gasteiger partial charge in [0.05, 0.1) is 0 Å². The molecule has 2 aromatic heterocycles. The molecule has 0 aliphatic rings. The highest BCUT2D eigenvalue weighted by Gasteiger charge is 2.51. The molecule has 0 radical (unpaired) electrons. The largest absolute Gasteiger partial charge is 0.0556 e. The third-order valence-corrected chi connectivity index (χ3v) is 74.7.